The molecule has 0 N–H and O–H groups in total. The Bertz CT molecular complexity index is 591. The van der Waals surface area contributed by atoms with Crippen LogP contribution in [0.1, 0.15) is 11.1 Å². The molecular weight excluding hydrogens is 232 g/mol. The van der Waals surface area contributed by atoms with E-state index < -0.39 is 9.84 Å². The van der Waals surface area contributed by atoms with Crippen LogP contribution in [0.5, 0.6) is 0 Å². The van der Waals surface area contributed by atoms with E-state index in [1.54, 1.807) is 50.2 Å². The van der Waals surface area contributed by atoms with Gasteiger partial charge in [0.2, 0.25) is 9.84 Å². The van der Waals surface area contributed by atoms with Crippen molar-refractivity contribution in [1.82, 2.24) is 0 Å². The summed E-state index contributed by atoms with van der Waals surface area (Å²) in [7, 11) is -3.46. The molecule has 2 aromatic rings. The van der Waals surface area contributed by atoms with Gasteiger partial charge in [0.25, 0.3) is 0 Å². The van der Waals surface area contributed by atoms with Gasteiger partial charge in [-0.25, -0.2) is 8.42 Å². The third-order valence-corrected chi connectivity index (χ3v) is 4.68. The molecule has 17 heavy (non-hydrogen) atoms. The topological polar surface area (TPSA) is 34.1 Å². The highest BCUT2D eigenvalue weighted by atomic mass is 32.2. The zero-order valence-corrected chi connectivity index (χ0v) is 10.6. The minimum Gasteiger partial charge on any atom is -0.218 e. The predicted octanol–water partition coefficient (Wildman–Crippen LogP) is 2.94. The molecule has 87 valence electrons. The van der Waals surface area contributed by atoms with E-state index in [-0.39, 0.29) is 4.90 Å². The maximum Gasteiger partial charge on any atom is 0.207 e. The average Bonchev–Trinajstić information content (AvgIpc) is 2.29. The molecular formula is C14H13O2S. The number of hydrogen-bond donors (Lipinski definition) is 0. The van der Waals surface area contributed by atoms with Gasteiger partial charge in [0.15, 0.2) is 0 Å². The molecule has 0 heterocycles. The molecule has 0 aromatic heterocycles. The van der Waals surface area contributed by atoms with E-state index >= 15 is 0 Å². The summed E-state index contributed by atoms with van der Waals surface area (Å²) < 4.78 is 24.9. The predicted molar refractivity (Wildman–Crippen MR) is 66.6 cm³/mol. The molecule has 0 fully saturated rings. The van der Waals surface area contributed by atoms with Gasteiger partial charge in [0.05, 0.1) is 9.79 Å². The van der Waals surface area contributed by atoms with Gasteiger partial charge >= 0.3 is 0 Å². The Kier molecular flexibility index (Phi) is 3.03. The monoisotopic (exact) mass is 245 g/mol. The van der Waals surface area contributed by atoms with E-state index in [9.17, 15) is 8.42 Å². The highest BCUT2D eigenvalue weighted by Crippen LogP contribution is 2.25. The second-order valence-corrected chi connectivity index (χ2v) is 5.81. The lowest BCUT2D eigenvalue weighted by Crippen LogP contribution is -2.05. The average molecular weight is 245 g/mol. The smallest absolute Gasteiger partial charge is 0.207 e. The maximum atomic E-state index is 12.4. The van der Waals surface area contributed by atoms with Gasteiger partial charge in [0.1, 0.15) is 0 Å². The fourth-order valence-corrected chi connectivity index (χ4v) is 3.45. The fourth-order valence-electron chi connectivity index (χ4n) is 1.76. The molecule has 0 amide bonds. The van der Waals surface area contributed by atoms with Crippen molar-refractivity contribution in [2.45, 2.75) is 23.6 Å². The first-order valence-corrected chi connectivity index (χ1v) is 6.80. The van der Waals surface area contributed by atoms with Crippen molar-refractivity contribution in [3.05, 3.63) is 59.7 Å². The summed E-state index contributed by atoms with van der Waals surface area (Å²) in [5.41, 5.74) is 1.47. The molecule has 1 radical (unpaired) electrons. The van der Waals surface area contributed by atoms with E-state index in [4.69, 9.17) is 0 Å². The third-order valence-electron chi connectivity index (χ3n) is 2.67. The van der Waals surface area contributed by atoms with Gasteiger partial charge in [-0.2, -0.15) is 0 Å². The van der Waals surface area contributed by atoms with Gasteiger partial charge in [-0.05, 0) is 31.0 Å². The molecule has 2 nitrogen and oxygen atoms in total. The first-order valence-electron chi connectivity index (χ1n) is 5.31. The van der Waals surface area contributed by atoms with Crippen LogP contribution in [0.3, 0.4) is 0 Å². The van der Waals surface area contributed by atoms with E-state index in [0.29, 0.717) is 4.90 Å². The molecule has 0 aliphatic carbocycles. The van der Waals surface area contributed by atoms with Gasteiger partial charge in [0, 0.05) is 6.07 Å². The Balaban J connectivity index is 2.67. The molecule has 3 heteroatoms. The van der Waals surface area contributed by atoms with Crippen LogP contribution in [0.25, 0.3) is 0 Å². The summed E-state index contributed by atoms with van der Waals surface area (Å²) in [6, 6.07) is 15.0. The molecule has 0 spiro atoms. The molecule has 0 saturated heterocycles. The molecule has 2 rings (SSSR count). The Morgan fingerprint density at radius 3 is 2.24 bits per heavy atom. The number of hydrogen-bond acceptors (Lipinski definition) is 2. The molecule has 0 saturated carbocycles. The number of aryl methyl sites for hydroxylation is 2. The minimum atomic E-state index is -3.46. The zero-order valence-electron chi connectivity index (χ0n) is 9.77. The van der Waals surface area contributed by atoms with E-state index in [2.05, 4.69) is 6.07 Å². The van der Waals surface area contributed by atoms with E-state index in [0.717, 1.165) is 11.1 Å². The quantitative estimate of drug-likeness (QED) is 0.815. The molecule has 0 unspecified atom stereocenters. The van der Waals surface area contributed by atoms with Crippen LogP contribution in [-0.2, 0) is 9.84 Å². The van der Waals surface area contributed by atoms with Crippen LogP contribution in [0.15, 0.2) is 52.3 Å². The van der Waals surface area contributed by atoms with Crippen molar-refractivity contribution >= 4 is 9.84 Å². The highest BCUT2D eigenvalue weighted by molar-refractivity contribution is 7.91. The Morgan fingerprint density at radius 2 is 1.59 bits per heavy atom. The van der Waals surface area contributed by atoms with Gasteiger partial charge in [-0.15, -0.1) is 0 Å². The van der Waals surface area contributed by atoms with Crippen molar-refractivity contribution in [3.63, 3.8) is 0 Å². The minimum absolute atomic E-state index is 0.259. The van der Waals surface area contributed by atoms with Crippen molar-refractivity contribution < 1.29 is 8.42 Å². The van der Waals surface area contributed by atoms with Crippen molar-refractivity contribution in [2.24, 2.45) is 0 Å². The SMILES string of the molecule is Cc1ccc[c]c1S(=O)(=O)c1ccccc1C. The second kappa shape index (κ2) is 4.34. The van der Waals surface area contributed by atoms with Crippen LogP contribution in [-0.4, -0.2) is 8.42 Å². The van der Waals surface area contributed by atoms with Crippen LogP contribution in [0, 0.1) is 19.9 Å². The fraction of sp³-hybridized carbons (Fsp3) is 0.143. The standard InChI is InChI=1S/C14H13O2S/c1-11-7-3-5-9-13(11)17(15,16)14-10-6-4-8-12(14)2/h3-9H,1-2H3. The number of benzene rings is 2. The Morgan fingerprint density at radius 1 is 0.941 bits per heavy atom. The van der Waals surface area contributed by atoms with Crippen molar-refractivity contribution in [2.75, 3.05) is 0 Å². The molecule has 0 atom stereocenters. The van der Waals surface area contributed by atoms with Crippen LogP contribution in [0.4, 0.5) is 0 Å². The summed E-state index contributed by atoms with van der Waals surface area (Å²) in [6.45, 7) is 3.58. The zero-order chi connectivity index (χ0) is 12.5. The summed E-state index contributed by atoms with van der Waals surface area (Å²) in [4.78, 5) is 0.611. The van der Waals surface area contributed by atoms with Crippen molar-refractivity contribution in [3.8, 4) is 0 Å². The highest BCUT2D eigenvalue weighted by Gasteiger charge is 2.21. The molecule has 0 aliphatic heterocycles. The molecule has 0 bridgehead atoms. The van der Waals surface area contributed by atoms with Gasteiger partial charge in [-0.3, -0.25) is 0 Å². The second-order valence-electron chi connectivity index (χ2n) is 3.95. The molecule has 0 aliphatic rings. The maximum absolute atomic E-state index is 12.4. The van der Waals surface area contributed by atoms with Crippen LogP contribution >= 0.6 is 0 Å². The normalized spacial score (nSPS) is 11.4. The number of rotatable bonds is 2. The van der Waals surface area contributed by atoms with Gasteiger partial charge in [-0.1, -0.05) is 36.4 Å². The number of sulfone groups is 1. The van der Waals surface area contributed by atoms with Crippen LogP contribution < -0.4 is 0 Å². The van der Waals surface area contributed by atoms with E-state index in [1.807, 2.05) is 6.07 Å². The summed E-state index contributed by atoms with van der Waals surface area (Å²) in [5, 5.41) is 0. The van der Waals surface area contributed by atoms with E-state index in [1.165, 1.54) is 0 Å². The largest absolute Gasteiger partial charge is 0.218 e. The Labute approximate surface area is 102 Å². The van der Waals surface area contributed by atoms with Gasteiger partial charge < -0.3 is 0 Å². The van der Waals surface area contributed by atoms with Crippen molar-refractivity contribution in [1.29, 1.82) is 0 Å². The lowest BCUT2D eigenvalue weighted by molar-refractivity contribution is 0.594. The van der Waals surface area contributed by atoms with Crippen LogP contribution in [0.2, 0.25) is 0 Å². The Hall–Kier alpha value is -1.61. The lowest BCUT2D eigenvalue weighted by Gasteiger charge is -2.09. The molecule has 2 aromatic carbocycles. The lowest BCUT2D eigenvalue weighted by atomic mass is 10.2. The third kappa shape index (κ3) is 2.11. The summed E-state index contributed by atoms with van der Waals surface area (Å²) >= 11 is 0. The first kappa shape index (κ1) is 11.9. The first-order chi connectivity index (χ1) is 8.03. The summed E-state index contributed by atoms with van der Waals surface area (Å²) in [6.07, 6.45) is 0. The summed E-state index contributed by atoms with van der Waals surface area (Å²) in [5.74, 6) is 0.